The second-order valence-corrected chi connectivity index (χ2v) is 8.48. The minimum Gasteiger partial charge on any atom is -0.493 e. The van der Waals surface area contributed by atoms with Gasteiger partial charge in [0.05, 0.1) is 19.9 Å². The maximum Gasteiger partial charge on any atom is 0.415 e. The molecule has 2 aliphatic rings. The van der Waals surface area contributed by atoms with Crippen LogP contribution in [0.15, 0.2) is 60.8 Å². The van der Waals surface area contributed by atoms with Crippen LogP contribution in [0.2, 0.25) is 0 Å². The summed E-state index contributed by atoms with van der Waals surface area (Å²) in [6.45, 7) is 7.63. The molecule has 2 aromatic rings. The number of likely N-dealkylation sites (tertiary alicyclic amines) is 1. The highest BCUT2D eigenvalue weighted by Crippen LogP contribution is 2.40. The Morgan fingerprint density at radius 2 is 1.62 bits per heavy atom. The zero-order valence-corrected chi connectivity index (χ0v) is 19.0. The van der Waals surface area contributed by atoms with E-state index in [0.29, 0.717) is 24.5 Å². The Labute approximate surface area is 190 Å². The maximum atomic E-state index is 12.7. The maximum absolute atomic E-state index is 12.7. The average Bonchev–Trinajstić information content (AvgIpc) is 3.06. The van der Waals surface area contributed by atoms with E-state index in [1.54, 1.807) is 19.1 Å². The van der Waals surface area contributed by atoms with Gasteiger partial charge in [-0.3, -0.25) is 4.90 Å². The van der Waals surface area contributed by atoms with Gasteiger partial charge in [-0.2, -0.15) is 0 Å². The minimum absolute atomic E-state index is 0.284. The number of carbonyl (C=O) groups is 1. The molecule has 2 aromatic carbocycles. The lowest BCUT2D eigenvalue weighted by Crippen LogP contribution is -2.46. The smallest absolute Gasteiger partial charge is 0.415 e. The van der Waals surface area contributed by atoms with Crippen LogP contribution in [0.4, 0.5) is 4.79 Å². The fourth-order valence-corrected chi connectivity index (χ4v) is 4.60. The van der Waals surface area contributed by atoms with Crippen molar-refractivity contribution in [3.63, 3.8) is 0 Å². The van der Waals surface area contributed by atoms with Gasteiger partial charge in [0.2, 0.25) is 0 Å². The highest BCUT2D eigenvalue weighted by atomic mass is 16.6. The number of benzene rings is 2. The quantitative estimate of drug-likeness (QED) is 0.618. The fourth-order valence-electron chi connectivity index (χ4n) is 4.60. The lowest BCUT2D eigenvalue weighted by molar-refractivity contribution is 0.0150. The molecule has 1 spiro atoms. The van der Waals surface area contributed by atoms with E-state index in [1.807, 2.05) is 24.3 Å². The molecule has 0 unspecified atom stereocenters. The molecule has 2 fully saturated rings. The zero-order valence-electron chi connectivity index (χ0n) is 19.0. The normalized spacial score (nSPS) is 18.1. The van der Waals surface area contributed by atoms with Crippen LogP contribution in [0, 0.1) is 0 Å². The van der Waals surface area contributed by atoms with Gasteiger partial charge < -0.3 is 19.1 Å². The first kappa shape index (κ1) is 22.2. The predicted molar refractivity (Wildman–Crippen MR) is 124 cm³/mol. The summed E-state index contributed by atoms with van der Waals surface area (Å²) in [5.41, 5.74) is 2.66. The Balaban J connectivity index is 1.32. The Morgan fingerprint density at radius 1 is 0.938 bits per heavy atom. The van der Waals surface area contributed by atoms with Crippen molar-refractivity contribution in [3.8, 4) is 11.5 Å². The van der Waals surface area contributed by atoms with Crippen LogP contribution in [-0.2, 0) is 17.6 Å². The third kappa shape index (κ3) is 4.60. The van der Waals surface area contributed by atoms with E-state index in [2.05, 4.69) is 35.7 Å². The molecule has 6 nitrogen and oxygen atoms in total. The van der Waals surface area contributed by atoms with Crippen LogP contribution < -0.4 is 9.47 Å². The van der Waals surface area contributed by atoms with Crippen molar-refractivity contribution in [1.29, 1.82) is 0 Å². The van der Waals surface area contributed by atoms with Crippen molar-refractivity contribution in [3.05, 3.63) is 71.9 Å². The van der Waals surface area contributed by atoms with Crippen molar-refractivity contribution in [2.45, 2.75) is 31.3 Å². The lowest BCUT2D eigenvalue weighted by atomic mass is 9.88. The lowest BCUT2D eigenvalue weighted by Gasteiger charge is -2.38. The average molecular weight is 437 g/mol. The summed E-state index contributed by atoms with van der Waals surface area (Å²) in [5, 5.41) is 0. The van der Waals surface area contributed by atoms with Crippen molar-refractivity contribution >= 4 is 6.09 Å². The van der Waals surface area contributed by atoms with Gasteiger partial charge in [0.15, 0.2) is 17.1 Å². The molecule has 4 rings (SSSR count). The van der Waals surface area contributed by atoms with Crippen molar-refractivity contribution in [1.82, 2.24) is 9.80 Å². The summed E-state index contributed by atoms with van der Waals surface area (Å²) >= 11 is 0. The number of rotatable bonds is 8. The van der Waals surface area contributed by atoms with E-state index < -0.39 is 5.60 Å². The Bertz CT molecular complexity index is 952. The topological polar surface area (TPSA) is 51.2 Å². The first-order valence-electron chi connectivity index (χ1n) is 11.2. The number of piperidine rings is 1. The number of ether oxygens (including phenoxy) is 3. The molecule has 0 atom stereocenters. The fraction of sp³-hybridized carbons (Fsp3) is 0.423. The Kier molecular flexibility index (Phi) is 6.70. The molecule has 2 aliphatic heterocycles. The van der Waals surface area contributed by atoms with Crippen LogP contribution >= 0.6 is 0 Å². The van der Waals surface area contributed by atoms with Gasteiger partial charge in [-0.15, -0.1) is 0 Å². The first-order valence-corrected chi connectivity index (χ1v) is 11.2. The molecule has 0 bridgehead atoms. The molecule has 0 radical (unpaired) electrons. The molecule has 0 N–H and O–H groups in total. The molecule has 6 heteroatoms. The number of hydrogen-bond acceptors (Lipinski definition) is 5. The summed E-state index contributed by atoms with van der Waals surface area (Å²) < 4.78 is 16.6. The molecule has 0 aliphatic carbocycles. The molecule has 170 valence electrons. The molecule has 2 heterocycles. The van der Waals surface area contributed by atoms with Gasteiger partial charge in [0.25, 0.3) is 0 Å². The molecule has 0 aromatic heterocycles. The van der Waals surface area contributed by atoms with E-state index in [9.17, 15) is 4.79 Å². The molecule has 0 saturated carbocycles. The third-order valence-electron chi connectivity index (χ3n) is 6.65. The van der Waals surface area contributed by atoms with E-state index in [4.69, 9.17) is 14.2 Å². The van der Waals surface area contributed by atoms with Crippen LogP contribution in [0.3, 0.4) is 0 Å². The van der Waals surface area contributed by atoms with Gasteiger partial charge in [0, 0.05) is 39.0 Å². The van der Waals surface area contributed by atoms with E-state index in [1.165, 1.54) is 5.56 Å². The van der Waals surface area contributed by atoms with Crippen molar-refractivity contribution in [2.75, 3.05) is 40.4 Å². The summed E-state index contributed by atoms with van der Waals surface area (Å²) in [6, 6.07) is 16.4. The summed E-state index contributed by atoms with van der Waals surface area (Å²) in [5.74, 6) is 1.38. The van der Waals surface area contributed by atoms with Crippen molar-refractivity contribution in [2.24, 2.45) is 0 Å². The molecule has 32 heavy (non-hydrogen) atoms. The number of carbonyl (C=O) groups excluding carboxylic acids is 1. The van der Waals surface area contributed by atoms with Crippen molar-refractivity contribution < 1.29 is 19.0 Å². The summed E-state index contributed by atoms with van der Waals surface area (Å²) in [6.07, 6.45) is 3.02. The monoisotopic (exact) mass is 436 g/mol. The molecular formula is C26H32N2O4. The van der Waals surface area contributed by atoms with E-state index in [0.717, 1.165) is 50.2 Å². The summed E-state index contributed by atoms with van der Waals surface area (Å²) in [7, 11) is 3.24. The van der Waals surface area contributed by atoms with E-state index in [-0.39, 0.29) is 6.09 Å². The zero-order chi connectivity index (χ0) is 22.6. The van der Waals surface area contributed by atoms with Gasteiger partial charge in [-0.1, -0.05) is 43.0 Å². The van der Waals surface area contributed by atoms with Gasteiger partial charge >= 0.3 is 6.09 Å². The first-order chi connectivity index (χ1) is 15.5. The highest BCUT2D eigenvalue weighted by molar-refractivity contribution is 5.75. The van der Waals surface area contributed by atoms with Gasteiger partial charge in [0.1, 0.15) is 0 Å². The SMILES string of the molecule is C=C1N(CCc2ccc(OC)c(OC)c2)C(=O)OC12CCN(CCc1ccccc1)CC2. The second kappa shape index (κ2) is 9.65. The Hall–Kier alpha value is -2.99. The minimum atomic E-state index is -0.558. The van der Waals surface area contributed by atoms with Crippen LogP contribution in [-0.4, -0.2) is 61.9 Å². The van der Waals surface area contributed by atoms with Crippen LogP contribution in [0.25, 0.3) is 0 Å². The van der Waals surface area contributed by atoms with Crippen LogP contribution in [0.5, 0.6) is 11.5 Å². The molecular weight excluding hydrogens is 404 g/mol. The molecule has 1 amide bonds. The molecule has 2 saturated heterocycles. The van der Waals surface area contributed by atoms with Crippen LogP contribution in [0.1, 0.15) is 24.0 Å². The third-order valence-corrected chi connectivity index (χ3v) is 6.65. The number of hydrogen-bond donors (Lipinski definition) is 0. The Morgan fingerprint density at radius 3 is 2.31 bits per heavy atom. The number of nitrogens with zero attached hydrogens (tertiary/aromatic N) is 2. The van der Waals surface area contributed by atoms with Gasteiger partial charge in [-0.05, 0) is 36.1 Å². The summed E-state index contributed by atoms with van der Waals surface area (Å²) in [4.78, 5) is 16.8. The second-order valence-electron chi connectivity index (χ2n) is 8.48. The van der Waals surface area contributed by atoms with E-state index >= 15 is 0 Å². The predicted octanol–water partition coefficient (Wildman–Crippen LogP) is 4.29. The number of amides is 1. The standard InChI is InChI=1S/C26H32N2O4/c1-20-26(13-17-27(18-14-26)15-11-21-7-5-4-6-8-21)32-25(29)28(20)16-12-22-9-10-23(30-2)24(19-22)31-3/h4-10,19H,1,11-18H2,2-3H3. The number of methoxy groups -OCH3 is 2. The highest BCUT2D eigenvalue weighted by Gasteiger charge is 2.50. The largest absolute Gasteiger partial charge is 0.493 e. The van der Waals surface area contributed by atoms with Gasteiger partial charge in [-0.25, -0.2) is 4.79 Å².